The second-order valence-corrected chi connectivity index (χ2v) is 6.87. The Morgan fingerprint density at radius 3 is 2.70 bits per heavy atom. The van der Waals surface area contributed by atoms with Crippen LogP contribution in [-0.2, 0) is 11.2 Å². The third-order valence-electron chi connectivity index (χ3n) is 3.19. The van der Waals surface area contributed by atoms with E-state index in [9.17, 15) is 4.79 Å². The molecule has 0 saturated heterocycles. The number of pyridine rings is 1. The number of carbonyl (C=O) groups excluding carboxylic acids is 1. The molecule has 3 rings (SSSR count). The summed E-state index contributed by atoms with van der Waals surface area (Å²) in [5, 5.41) is 5.61. The average Bonchev–Trinajstić information content (AvgIpc) is 2.98. The van der Waals surface area contributed by atoms with Gasteiger partial charge < -0.3 is 5.32 Å². The third-order valence-corrected chi connectivity index (χ3v) is 4.60. The third kappa shape index (κ3) is 4.24. The van der Waals surface area contributed by atoms with Gasteiger partial charge in [0.1, 0.15) is 10.8 Å². The number of nitrogens with zero attached hydrogens (tertiary/aromatic N) is 2. The van der Waals surface area contributed by atoms with Crippen LogP contribution < -0.4 is 5.32 Å². The highest BCUT2D eigenvalue weighted by atomic mass is 79.9. The first-order valence-corrected chi connectivity index (χ1v) is 8.70. The SMILES string of the molecule is Cc1ccc(-c2nc(CC(=O)Nc3ccc(Br)cn3)cs2)cc1. The van der Waals surface area contributed by atoms with Crippen LogP contribution in [0.2, 0.25) is 0 Å². The molecule has 0 radical (unpaired) electrons. The molecule has 2 heterocycles. The minimum absolute atomic E-state index is 0.124. The number of hydrogen-bond donors (Lipinski definition) is 1. The van der Waals surface area contributed by atoms with E-state index in [0.717, 1.165) is 20.7 Å². The highest BCUT2D eigenvalue weighted by molar-refractivity contribution is 9.10. The van der Waals surface area contributed by atoms with Crippen molar-refractivity contribution in [2.24, 2.45) is 0 Å². The summed E-state index contributed by atoms with van der Waals surface area (Å²) in [6.07, 6.45) is 1.88. The lowest BCUT2D eigenvalue weighted by atomic mass is 10.2. The molecule has 0 aliphatic heterocycles. The van der Waals surface area contributed by atoms with Crippen LogP contribution in [0.15, 0.2) is 52.4 Å². The Kier molecular flexibility index (Phi) is 4.83. The molecule has 6 heteroatoms. The highest BCUT2D eigenvalue weighted by Crippen LogP contribution is 2.24. The number of thiazole rings is 1. The van der Waals surface area contributed by atoms with Crippen LogP contribution in [-0.4, -0.2) is 15.9 Å². The summed E-state index contributed by atoms with van der Waals surface area (Å²) in [4.78, 5) is 20.7. The summed E-state index contributed by atoms with van der Waals surface area (Å²) in [6.45, 7) is 2.05. The molecule has 1 amide bonds. The molecule has 0 spiro atoms. The van der Waals surface area contributed by atoms with Gasteiger partial charge in [0.05, 0.1) is 12.1 Å². The lowest BCUT2D eigenvalue weighted by molar-refractivity contribution is -0.115. The van der Waals surface area contributed by atoms with Gasteiger partial charge in [0.15, 0.2) is 0 Å². The maximum absolute atomic E-state index is 12.1. The van der Waals surface area contributed by atoms with E-state index < -0.39 is 0 Å². The zero-order chi connectivity index (χ0) is 16.2. The van der Waals surface area contributed by atoms with Crippen molar-refractivity contribution in [3.05, 3.63) is 63.7 Å². The fourth-order valence-corrected chi connectivity index (χ4v) is 3.08. The maximum Gasteiger partial charge on any atom is 0.231 e. The second kappa shape index (κ2) is 7.02. The summed E-state index contributed by atoms with van der Waals surface area (Å²) in [7, 11) is 0. The van der Waals surface area contributed by atoms with Gasteiger partial charge in [0, 0.05) is 21.6 Å². The topological polar surface area (TPSA) is 54.9 Å². The van der Waals surface area contributed by atoms with Crippen molar-refractivity contribution >= 4 is 39.0 Å². The largest absolute Gasteiger partial charge is 0.310 e. The summed E-state index contributed by atoms with van der Waals surface area (Å²) >= 11 is 4.86. The summed E-state index contributed by atoms with van der Waals surface area (Å²) in [5.41, 5.74) is 3.05. The van der Waals surface area contributed by atoms with Crippen molar-refractivity contribution in [2.45, 2.75) is 13.3 Å². The zero-order valence-corrected chi connectivity index (χ0v) is 14.8. The van der Waals surface area contributed by atoms with Gasteiger partial charge in [-0.25, -0.2) is 9.97 Å². The zero-order valence-electron chi connectivity index (χ0n) is 12.4. The van der Waals surface area contributed by atoms with Crippen LogP contribution >= 0.6 is 27.3 Å². The van der Waals surface area contributed by atoms with E-state index in [1.807, 2.05) is 23.6 Å². The van der Waals surface area contributed by atoms with Crippen LogP contribution in [0.3, 0.4) is 0 Å². The number of aromatic nitrogens is 2. The number of halogens is 1. The van der Waals surface area contributed by atoms with Crippen molar-refractivity contribution in [3.8, 4) is 10.6 Å². The first-order valence-electron chi connectivity index (χ1n) is 7.03. The van der Waals surface area contributed by atoms with Crippen molar-refractivity contribution in [3.63, 3.8) is 0 Å². The van der Waals surface area contributed by atoms with E-state index in [1.165, 1.54) is 5.56 Å². The normalized spacial score (nSPS) is 10.5. The molecule has 0 fully saturated rings. The van der Waals surface area contributed by atoms with E-state index >= 15 is 0 Å². The molecular formula is C17H14BrN3OS. The van der Waals surface area contributed by atoms with Crippen molar-refractivity contribution < 1.29 is 4.79 Å². The molecule has 4 nitrogen and oxygen atoms in total. The van der Waals surface area contributed by atoms with Gasteiger partial charge in [-0.3, -0.25) is 4.79 Å². The molecule has 23 heavy (non-hydrogen) atoms. The van der Waals surface area contributed by atoms with Crippen LogP contribution in [0, 0.1) is 6.92 Å². The average molecular weight is 388 g/mol. The van der Waals surface area contributed by atoms with Crippen LogP contribution in [0.5, 0.6) is 0 Å². The molecule has 0 unspecified atom stereocenters. The molecule has 1 N–H and O–H groups in total. The van der Waals surface area contributed by atoms with E-state index in [2.05, 4.69) is 50.3 Å². The van der Waals surface area contributed by atoms with Gasteiger partial charge in [-0.2, -0.15) is 0 Å². The molecule has 0 aliphatic carbocycles. The number of hydrogen-bond acceptors (Lipinski definition) is 4. The number of aryl methyl sites for hydroxylation is 1. The molecular weight excluding hydrogens is 374 g/mol. The minimum Gasteiger partial charge on any atom is -0.310 e. The maximum atomic E-state index is 12.1. The Bertz CT molecular complexity index is 813. The van der Waals surface area contributed by atoms with Gasteiger partial charge >= 0.3 is 0 Å². The van der Waals surface area contributed by atoms with Gasteiger partial charge in [-0.1, -0.05) is 29.8 Å². The van der Waals surface area contributed by atoms with Crippen molar-refractivity contribution in [1.82, 2.24) is 9.97 Å². The number of anilines is 1. The quantitative estimate of drug-likeness (QED) is 0.718. The second-order valence-electron chi connectivity index (χ2n) is 5.10. The number of carbonyl (C=O) groups is 1. The number of nitrogens with one attached hydrogen (secondary N) is 1. The lowest BCUT2D eigenvalue weighted by Gasteiger charge is -2.02. The predicted molar refractivity (Wildman–Crippen MR) is 96.6 cm³/mol. The standard InChI is InChI=1S/C17H14BrN3OS/c1-11-2-4-12(5-3-11)17-20-14(10-23-17)8-16(22)21-15-7-6-13(18)9-19-15/h2-7,9-10H,8H2,1H3,(H,19,21,22). The molecule has 116 valence electrons. The van der Waals surface area contributed by atoms with Crippen LogP contribution in [0.25, 0.3) is 10.6 Å². The smallest absolute Gasteiger partial charge is 0.231 e. The van der Waals surface area contributed by atoms with Crippen LogP contribution in [0.1, 0.15) is 11.3 Å². The van der Waals surface area contributed by atoms with E-state index in [-0.39, 0.29) is 12.3 Å². The fraction of sp³-hybridized carbons (Fsp3) is 0.118. The first-order chi connectivity index (χ1) is 11.1. The Morgan fingerprint density at radius 1 is 1.22 bits per heavy atom. The number of amides is 1. The number of rotatable bonds is 4. The van der Waals surface area contributed by atoms with E-state index in [4.69, 9.17) is 0 Å². The number of benzene rings is 1. The summed E-state index contributed by atoms with van der Waals surface area (Å²) < 4.78 is 0.873. The summed E-state index contributed by atoms with van der Waals surface area (Å²) in [5.74, 6) is 0.410. The van der Waals surface area contributed by atoms with Gasteiger partial charge in [-0.05, 0) is 35.0 Å². The van der Waals surface area contributed by atoms with Crippen molar-refractivity contribution in [1.29, 1.82) is 0 Å². The minimum atomic E-state index is -0.124. The Hall–Kier alpha value is -2.05. The van der Waals surface area contributed by atoms with Gasteiger partial charge in [0.25, 0.3) is 0 Å². The molecule has 1 aromatic carbocycles. The Morgan fingerprint density at radius 2 is 2.00 bits per heavy atom. The van der Waals surface area contributed by atoms with Gasteiger partial charge in [-0.15, -0.1) is 11.3 Å². The Balaban J connectivity index is 1.65. The molecule has 2 aromatic heterocycles. The molecule has 0 aliphatic rings. The fourth-order valence-electron chi connectivity index (χ4n) is 2.02. The van der Waals surface area contributed by atoms with E-state index in [1.54, 1.807) is 23.6 Å². The molecule has 3 aromatic rings. The molecule has 0 saturated carbocycles. The lowest BCUT2D eigenvalue weighted by Crippen LogP contribution is -2.15. The highest BCUT2D eigenvalue weighted by Gasteiger charge is 2.10. The predicted octanol–water partition coefficient (Wildman–Crippen LogP) is 4.46. The van der Waals surface area contributed by atoms with E-state index in [0.29, 0.717) is 5.82 Å². The first kappa shape index (κ1) is 15.8. The monoisotopic (exact) mass is 387 g/mol. The Labute approximate surface area is 146 Å². The van der Waals surface area contributed by atoms with Crippen molar-refractivity contribution in [2.75, 3.05) is 5.32 Å². The van der Waals surface area contributed by atoms with Crippen LogP contribution in [0.4, 0.5) is 5.82 Å². The van der Waals surface area contributed by atoms with Gasteiger partial charge in [0.2, 0.25) is 5.91 Å². The summed E-state index contributed by atoms with van der Waals surface area (Å²) in [6, 6.07) is 11.8. The molecule has 0 atom stereocenters. The molecule has 0 bridgehead atoms.